The molecule has 0 atom stereocenters. The van der Waals surface area contributed by atoms with Crippen molar-refractivity contribution in [3.8, 4) is 17.2 Å². The standard InChI is InChI=1S/C19H22N6O2/c1-20-19(23-14-9-10-16(26-2)17(11-14)27-3)21-12-18-24-22-13-25(18)15-7-5-4-6-8-15/h4-11,13H,12H2,1-3H3,(H2,20,21,23). The first-order chi connectivity index (χ1) is 13.2. The van der Waals surface area contributed by atoms with Crippen LogP contribution in [-0.2, 0) is 6.54 Å². The molecular weight excluding hydrogens is 344 g/mol. The fourth-order valence-corrected chi connectivity index (χ4v) is 2.58. The number of para-hydroxylation sites is 1. The molecule has 0 saturated heterocycles. The summed E-state index contributed by atoms with van der Waals surface area (Å²) in [6.07, 6.45) is 1.69. The molecule has 0 fully saturated rings. The molecule has 3 rings (SSSR count). The average molecular weight is 366 g/mol. The van der Waals surface area contributed by atoms with Gasteiger partial charge in [-0.15, -0.1) is 10.2 Å². The van der Waals surface area contributed by atoms with E-state index in [9.17, 15) is 0 Å². The second-order valence-corrected chi connectivity index (χ2v) is 5.57. The Labute approximate surface area is 157 Å². The molecule has 0 spiro atoms. The summed E-state index contributed by atoms with van der Waals surface area (Å²) in [7, 11) is 4.91. The Bertz CT molecular complexity index is 908. The fourth-order valence-electron chi connectivity index (χ4n) is 2.58. The monoisotopic (exact) mass is 366 g/mol. The van der Waals surface area contributed by atoms with E-state index >= 15 is 0 Å². The first-order valence-corrected chi connectivity index (χ1v) is 8.39. The molecule has 2 aromatic carbocycles. The topological polar surface area (TPSA) is 85.6 Å². The molecule has 0 radical (unpaired) electrons. The van der Waals surface area contributed by atoms with E-state index in [1.165, 1.54) is 0 Å². The van der Waals surface area contributed by atoms with Crippen molar-refractivity contribution in [2.45, 2.75) is 6.54 Å². The van der Waals surface area contributed by atoms with Crippen LogP contribution < -0.4 is 20.1 Å². The number of aliphatic imine (C=N–C) groups is 1. The predicted molar refractivity (Wildman–Crippen MR) is 105 cm³/mol. The molecule has 27 heavy (non-hydrogen) atoms. The van der Waals surface area contributed by atoms with Gasteiger partial charge in [-0.05, 0) is 24.3 Å². The quantitative estimate of drug-likeness (QED) is 0.515. The molecule has 0 saturated carbocycles. The third kappa shape index (κ3) is 4.35. The molecule has 140 valence electrons. The van der Waals surface area contributed by atoms with Gasteiger partial charge in [0.05, 0.1) is 20.8 Å². The lowest BCUT2D eigenvalue weighted by Crippen LogP contribution is -2.31. The van der Waals surface area contributed by atoms with Gasteiger partial charge in [0, 0.05) is 24.5 Å². The first kappa shape index (κ1) is 18.2. The Hall–Kier alpha value is -3.55. The molecule has 0 aliphatic carbocycles. The van der Waals surface area contributed by atoms with E-state index in [0.29, 0.717) is 24.0 Å². The van der Waals surface area contributed by atoms with Gasteiger partial charge in [-0.1, -0.05) is 18.2 Å². The van der Waals surface area contributed by atoms with Crippen molar-refractivity contribution in [1.82, 2.24) is 20.1 Å². The number of ether oxygens (including phenoxy) is 2. The minimum atomic E-state index is 0.460. The summed E-state index contributed by atoms with van der Waals surface area (Å²) in [6, 6.07) is 15.5. The van der Waals surface area contributed by atoms with E-state index in [-0.39, 0.29) is 0 Å². The second-order valence-electron chi connectivity index (χ2n) is 5.57. The molecule has 2 N–H and O–H groups in total. The Kier molecular flexibility index (Phi) is 5.88. The van der Waals surface area contributed by atoms with Crippen LogP contribution in [0, 0.1) is 0 Å². The second kappa shape index (κ2) is 8.70. The molecular formula is C19H22N6O2. The zero-order valence-corrected chi connectivity index (χ0v) is 15.5. The summed E-state index contributed by atoms with van der Waals surface area (Å²) in [5.74, 6) is 2.69. The number of aromatic nitrogens is 3. The molecule has 0 aliphatic heterocycles. The van der Waals surface area contributed by atoms with Crippen LogP contribution >= 0.6 is 0 Å². The maximum atomic E-state index is 5.33. The van der Waals surface area contributed by atoms with Gasteiger partial charge in [0.15, 0.2) is 23.3 Å². The van der Waals surface area contributed by atoms with Crippen molar-refractivity contribution in [1.29, 1.82) is 0 Å². The van der Waals surface area contributed by atoms with Crippen molar-refractivity contribution in [3.05, 3.63) is 60.7 Å². The molecule has 1 aromatic heterocycles. The molecule has 0 bridgehead atoms. The van der Waals surface area contributed by atoms with E-state index in [0.717, 1.165) is 17.2 Å². The summed E-state index contributed by atoms with van der Waals surface area (Å²) in [5.41, 5.74) is 1.83. The van der Waals surface area contributed by atoms with Gasteiger partial charge in [0.25, 0.3) is 0 Å². The smallest absolute Gasteiger partial charge is 0.195 e. The van der Waals surface area contributed by atoms with Crippen molar-refractivity contribution in [2.24, 2.45) is 4.99 Å². The lowest BCUT2D eigenvalue weighted by molar-refractivity contribution is 0.355. The van der Waals surface area contributed by atoms with Crippen molar-refractivity contribution < 1.29 is 9.47 Å². The minimum Gasteiger partial charge on any atom is -0.493 e. The SMILES string of the molecule is CN=C(NCc1nncn1-c1ccccc1)Nc1ccc(OC)c(OC)c1. The van der Waals surface area contributed by atoms with Crippen molar-refractivity contribution >= 4 is 11.6 Å². The molecule has 1 heterocycles. The van der Waals surface area contributed by atoms with Crippen molar-refractivity contribution in [3.63, 3.8) is 0 Å². The number of nitrogens with zero attached hydrogens (tertiary/aromatic N) is 4. The number of rotatable bonds is 6. The number of hydrogen-bond acceptors (Lipinski definition) is 5. The Morgan fingerprint density at radius 3 is 2.56 bits per heavy atom. The number of guanidine groups is 1. The van der Waals surface area contributed by atoms with Crippen LogP contribution in [0.5, 0.6) is 11.5 Å². The minimum absolute atomic E-state index is 0.460. The van der Waals surface area contributed by atoms with E-state index in [1.807, 2.05) is 53.1 Å². The van der Waals surface area contributed by atoms with Gasteiger partial charge < -0.3 is 20.1 Å². The van der Waals surface area contributed by atoms with E-state index < -0.39 is 0 Å². The Morgan fingerprint density at radius 2 is 1.85 bits per heavy atom. The Morgan fingerprint density at radius 1 is 1.07 bits per heavy atom. The highest BCUT2D eigenvalue weighted by atomic mass is 16.5. The average Bonchev–Trinajstić information content (AvgIpc) is 3.20. The lowest BCUT2D eigenvalue weighted by atomic mass is 10.3. The van der Waals surface area contributed by atoms with E-state index in [1.54, 1.807) is 27.6 Å². The summed E-state index contributed by atoms with van der Waals surface area (Å²) in [5, 5.41) is 14.7. The van der Waals surface area contributed by atoms with Gasteiger partial charge in [-0.2, -0.15) is 0 Å². The van der Waals surface area contributed by atoms with Gasteiger partial charge in [-0.3, -0.25) is 9.56 Å². The summed E-state index contributed by atoms with van der Waals surface area (Å²) in [6.45, 7) is 0.460. The van der Waals surface area contributed by atoms with Gasteiger partial charge in [0.2, 0.25) is 0 Å². The Balaban J connectivity index is 1.68. The molecule has 8 heteroatoms. The third-order valence-electron chi connectivity index (χ3n) is 3.94. The first-order valence-electron chi connectivity index (χ1n) is 8.39. The number of anilines is 1. The number of nitrogens with one attached hydrogen (secondary N) is 2. The van der Waals surface area contributed by atoms with E-state index in [2.05, 4.69) is 25.8 Å². The van der Waals surface area contributed by atoms with Gasteiger partial charge >= 0.3 is 0 Å². The van der Waals surface area contributed by atoms with E-state index in [4.69, 9.17) is 9.47 Å². The van der Waals surface area contributed by atoms with Crippen LogP contribution in [-0.4, -0.2) is 42.0 Å². The van der Waals surface area contributed by atoms with Crippen LogP contribution in [0.1, 0.15) is 5.82 Å². The van der Waals surface area contributed by atoms with Crippen LogP contribution in [0.4, 0.5) is 5.69 Å². The predicted octanol–water partition coefficient (Wildman–Crippen LogP) is 2.47. The van der Waals surface area contributed by atoms with Crippen LogP contribution in [0.3, 0.4) is 0 Å². The molecule has 0 amide bonds. The lowest BCUT2D eigenvalue weighted by Gasteiger charge is -2.14. The third-order valence-corrected chi connectivity index (χ3v) is 3.94. The molecule has 0 unspecified atom stereocenters. The van der Waals surface area contributed by atoms with Gasteiger partial charge in [0.1, 0.15) is 6.33 Å². The largest absolute Gasteiger partial charge is 0.493 e. The molecule has 0 aliphatic rings. The van der Waals surface area contributed by atoms with Crippen molar-refractivity contribution in [2.75, 3.05) is 26.6 Å². The molecule has 3 aromatic rings. The number of methoxy groups -OCH3 is 2. The van der Waals surface area contributed by atoms with Gasteiger partial charge in [-0.25, -0.2) is 0 Å². The number of benzene rings is 2. The normalized spacial score (nSPS) is 11.1. The fraction of sp³-hybridized carbons (Fsp3) is 0.211. The highest BCUT2D eigenvalue weighted by Gasteiger charge is 2.09. The number of hydrogen-bond donors (Lipinski definition) is 2. The maximum Gasteiger partial charge on any atom is 0.195 e. The van der Waals surface area contributed by atoms with Crippen LogP contribution in [0.2, 0.25) is 0 Å². The highest BCUT2D eigenvalue weighted by molar-refractivity contribution is 5.93. The zero-order valence-electron chi connectivity index (χ0n) is 15.5. The zero-order chi connectivity index (χ0) is 19.1. The van der Waals surface area contributed by atoms with Crippen LogP contribution in [0.15, 0.2) is 59.9 Å². The van der Waals surface area contributed by atoms with Crippen LogP contribution in [0.25, 0.3) is 5.69 Å². The summed E-state index contributed by atoms with van der Waals surface area (Å²) < 4.78 is 12.5. The highest BCUT2D eigenvalue weighted by Crippen LogP contribution is 2.29. The molecule has 8 nitrogen and oxygen atoms in total. The maximum absolute atomic E-state index is 5.33. The summed E-state index contributed by atoms with van der Waals surface area (Å²) >= 11 is 0. The summed E-state index contributed by atoms with van der Waals surface area (Å²) in [4.78, 5) is 4.25.